The van der Waals surface area contributed by atoms with Gasteiger partial charge >= 0.3 is 0 Å². The number of likely N-dealkylation sites (N-methyl/N-ethyl adjacent to an activating group) is 1. The molecule has 3 heteroatoms. The second-order valence-corrected chi connectivity index (χ2v) is 5.31. The van der Waals surface area contributed by atoms with E-state index in [0.717, 1.165) is 23.1 Å². The molecule has 0 amide bonds. The van der Waals surface area contributed by atoms with Crippen LogP contribution < -0.4 is 0 Å². The monoisotopic (exact) mass is 283 g/mol. The Kier molecular flexibility index (Phi) is 4.00. The maximum absolute atomic E-state index is 10.2. The van der Waals surface area contributed by atoms with Gasteiger partial charge in [-0.3, -0.25) is 4.90 Å². The van der Waals surface area contributed by atoms with E-state index >= 15 is 0 Å². The van der Waals surface area contributed by atoms with E-state index in [1.54, 1.807) is 0 Å². The number of halogens is 1. The van der Waals surface area contributed by atoms with Crippen LogP contribution in [0.25, 0.3) is 0 Å². The van der Waals surface area contributed by atoms with Gasteiger partial charge in [-0.25, -0.2) is 0 Å². The number of benzene rings is 1. The molecule has 1 aromatic carbocycles. The molecule has 1 N–H and O–H groups in total. The maximum Gasteiger partial charge on any atom is 0.0917 e. The Morgan fingerprint density at radius 1 is 1.50 bits per heavy atom. The van der Waals surface area contributed by atoms with Crippen LogP contribution in [-0.4, -0.2) is 29.1 Å². The minimum absolute atomic E-state index is 0.377. The van der Waals surface area contributed by atoms with E-state index in [1.807, 2.05) is 24.3 Å². The SMILES string of the molecule is CCN(CC(O)c1cccc(Br)c1)C1CC1. The highest BCUT2D eigenvalue weighted by molar-refractivity contribution is 9.10. The zero-order chi connectivity index (χ0) is 11.5. The van der Waals surface area contributed by atoms with Crippen LogP contribution in [0.5, 0.6) is 0 Å². The zero-order valence-corrected chi connectivity index (χ0v) is 11.2. The third-order valence-corrected chi connectivity index (χ3v) is 3.60. The molecule has 16 heavy (non-hydrogen) atoms. The predicted molar refractivity (Wildman–Crippen MR) is 69.4 cm³/mol. The third-order valence-electron chi connectivity index (χ3n) is 3.11. The van der Waals surface area contributed by atoms with E-state index in [-0.39, 0.29) is 6.10 Å². The van der Waals surface area contributed by atoms with E-state index < -0.39 is 0 Å². The molecule has 1 fully saturated rings. The lowest BCUT2D eigenvalue weighted by Gasteiger charge is -2.23. The Bertz CT molecular complexity index is 352. The molecule has 1 saturated carbocycles. The molecule has 1 aliphatic rings. The van der Waals surface area contributed by atoms with Crippen molar-refractivity contribution in [3.8, 4) is 0 Å². The summed E-state index contributed by atoms with van der Waals surface area (Å²) in [4.78, 5) is 2.37. The minimum atomic E-state index is -0.377. The summed E-state index contributed by atoms with van der Waals surface area (Å²) in [7, 11) is 0. The Balaban J connectivity index is 1.98. The van der Waals surface area contributed by atoms with Gasteiger partial charge in [0.15, 0.2) is 0 Å². The molecule has 2 nitrogen and oxygen atoms in total. The Hall–Kier alpha value is -0.380. The van der Waals surface area contributed by atoms with Gasteiger partial charge in [0, 0.05) is 17.1 Å². The fourth-order valence-electron chi connectivity index (χ4n) is 2.02. The van der Waals surface area contributed by atoms with Crippen LogP contribution in [0.2, 0.25) is 0 Å². The van der Waals surface area contributed by atoms with Gasteiger partial charge in [0.1, 0.15) is 0 Å². The van der Waals surface area contributed by atoms with E-state index in [1.165, 1.54) is 12.8 Å². The topological polar surface area (TPSA) is 23.5 Å². The molecule has 0 aromatic heterocycles. The van der Waals surface area contributed by atoms with E-state index in [9.17, 15) is 5.11 Å². The van der Waals surface area contributed by atoms with Crippen molar-refractivity contribution in [2.75, 3.05) is 13.1 Å². The van der Waals surface area contributed by atoms with Crippen LogP contribution in [-0.2, 0) is 0 Å². The first-order valence-corrected chi connectivity index (χ1v) is 6.67. The molecule has 2 rings (SSSR count). The number of aliphatic hydroxyl groups is 1. The zero-order valence-electron chi connectivity index (χ0n) is 9.56. The summed E-state index contributed by atoms with van der Waals surface area (Å²) >= 11 is 3.43. The molecule has 0 saturated heterocycles. The van der Waals surface area contributed by atoms with Crippen LogP contribution in [0.4, 0.5) is 0 Å². The van der Waals surface area contributed by atoms with Gasteiger partial charge < -0.3 is 5.11 Å². The third kappa shape index (κ3) is 3.06. The molecule has 88 valence electrons. The standard InChI is InChI=1S/C13H18BrNO/c1-2-15(12-6-7-12)9-13(16)10-4-3-5-11(14)8-10/h3-5,8,12-13,16H,2,6-7,9H2,1H3. The Morgan fingerprint density at radius 3 is 2.81 bits per heavy atom. The first-order valence-electron chi connectivity index (χ1n) is 5.88. The molecule has 1 unspecified atom stereocenters. The summed E-state index contributed by atoms with van der Waals surface area (Å²) in [5, 5.41) is 10.2. The van der Waals surface area contributed by atoms with Crippen molar-refractivity contribution >= 4 is 15.9 Å². The lowest BCUT2D eigenvalue weighted by molar-refractivity contribution is 0.112. The van der Waals surface area contributed by atoms with Crippen LogP contribution >= 0.6 is 15.9 Å². The van der Waals surface area contributed by atoms with Crippen LogP contribution in [0.3, 0.4) is 0 Å². The summed E-state index contributed by atoms with van der Waals surface area (Å²) in [6.45, 7) is 3.93. The van der Waals surface area contributed by atoms with E-state index in [2.05, 4.69) is 27.8 Å². The summed E-state index contributed by atoms with van der Waals surface area (Å²) in [5.41, 5.74) is 0.994. The van der Waals surface area contributed by atoms with Crippen molar-refractivity contribution in [1.29, 1.82) is 0 Å². The highest BCUT2D eigenvalue weighted by Gasteiger charge is 2.29. The highest BCUT2D eigenvalue weighted by atomic mass is 79.9. The number of hydrogen-bond acceptors (Lipinski definition) is 2. The van der Waals surface area contributed by atoms with Gasteiger partial charge in [-0.2, -0.15) is 0 Å². The number of nitrogens with zero attached hydrogens (tertiary/aromatic N) is 1. The van der Waals surface area contributed by atoms with Gasteiger partial charge in [-0.1, -0.05) is 35.0 Å². The van der Waals surface area contributed by atoms with Gasteiger partial charge in [0.05, 0.1) is 6.10 Å². The van der Waals surface area contributed by atoms with Crippen molar-refractivity contribution in [1.82, 2.24) is 4.90 Å². The average Bonchev–Trinajstić information content (AvgIpc) is 3.09. The first kappa shape index (κ1) is 12.1. The first-order chi connectivity index (χ1) is 7.70. The van der Waals surface area contributed by atoms with Crippen LogP contribution in [0.1, 0.15) is 31.4 Å². The second kappa shape index (κ2) is 5.30. The smallest absolute Gasteiger partial charge is 0.0917 e. The van der Waals surface area contributed by atoms with Gasteiger partial charge in [0.25, 0.3) is 0 Å². The summed E-state index contributed by atoms with van der Waals surface area (Å²) < 4.78 is 1.03. The molecule has 0 heterocycles. The van der Waals surface area contributed by atoms with Gasteiger partial charge in [-0.05, 0) is 37.1 Å². The minimum Gasteiger partial charge on any atom is -0.387 e. The fraction of sp³-hybridized carbons (Fsp3) is 0.538. The predicted octanol–water partition coefficient (Wildman–Crippen LogP) is 2.97. The molecule has 0 radical (unpaired) electrons. The number of hydrogen-bond donors (Lipinski definition) is 1. The van der Waals surface area contributed by atoms with Crippen LogP contribution in [0, 0.1) is 0 Å². The van der Waals surface area contributed by atoms with E-state index in [0.29, 0.717) is 6.04 Å². The molecule has 1 aliphatic carbocycles. The normalized spacial score (nSPS) is 17.8. The largest absolute Gasteiger partial charge is 0.387 e. The Labute approximate surface area is 105 Å². The summed E-state index contributed by atoms with van der Waals surface area (Å²) in [5.74, 6) is 0. The number of aliphatic hydroxyl groups excluding tert-OH is 1. The van der Waals surface area contributed by atoms with Crippen molar-refractivity contribution in [2.24, 2.45) is 0 Å². The molecule has 0 bridgehead atoms. The fourth-order valence-corrected chi connectivity index (χ4v) is 2.43. The van der Waals surface area contributed by atoms with Crippen molar-refractivity contribution < 1.29 is 5.11 Å². The maximum atomic E-state index is 10.2. The van der Waals surface area contributed by atoms with E-state index in [4.69, 9.17) is 0 Å². The number of rotatable bonds is 5. The van der Waals surface area contributed by atoms with Crippen molar-refractivity contribution in [2.45, 2.75) is 31.9 Å². The molecule has 0 spiro atoms. The molecular weight excluding hydrogens is 266 g/mol. The lowest BCUT2D eigenvalue weighted by atomic mass is 10.1. The second-order valence-electron chi connectivity index (χ2n) is 4.39. The quantitative estimate of drug-likeness (QED) is 0.898. The van der Waals surface area contributed by atoms with Crippen molar-refractivity contribution in [3.05, 3.63) is 34.3 Å². The summed E-state index contributed by atoms with van der Waals surface area (Å²) in [6, 6.07) is 8.64. The molecular formula is C13H18BrNO. The van der Waals surface area contributed by atoms with Crippen molar-refractivity contribution in [3.63, 3.8) is 0 Å². The lowest BCUT2D eigenvalue weighted by Crippen LogP contribution is -2.30. The molecule has 1 aromatic rings. The highest BCUT2D eigenvalue weighted by Crippen LogP contribution is 2.28. The average molecular weight is 284 g/mol. The molecule has 1 atom stereocenters. The summed E-state index contributed by atoms with van der Waals surface area (Å²) in [6.07, 6.45) is 2.20. The van der Waals surface area contributed by atoms with Gasteiger partial charge in [0.2, 0.25) is 0 Å². The molecule has 0 aliphatic heterocycles. The van der Waals surface area contributed by atoms with Gasteiger partial charge in [-0.15, -0.1) is 0 Å². The Morgan fingerprint density at radius 2 is 2.25 bits per heavy atom. The van der Waals surface area contributed by atoms with Crippen LogP contribution in [0.15, 0.2) is 28.7 Å².